The van der Waals surface area contributed by atoms with Crippen LogP contribution in [0.1, 0.15) is 24.6 Å². The first-order chi connectivity index (χ1) is 13.6. The predicted octanol–water partition coefficient (Wildman–Crippen LogP) is 3.69. The molecule has 1 fully saturated rings. The van der Waals surface area contributed by atoms with Gasteiger partial charge in [0.1, 0.15) is 23.0 Å². The fraction of sp³-hybridized carbons (Fsp3) is 0.222. The topological polar surface area (TPSA) is 64.1 Å². The standard InChI is InChI=1S/C18H14BrF2N7/c19-11-8-22-28(10-11)14-9-23-27-7-5-16(25-18(14)27)26-6-1-2-13(26)17-12(20)3-4-15(21)24-17/h3-5,7-10,13H,1-2,6H2. The van der Waals surface area contributed by atoms with Crippen LogP contribution in [0.15, 0.2) is 47.5 Å². The van der Waals surface area contributed by atoms with Crippen molar-refractivity contribution in [3.05, 3.63) is 64.9 Å². The first-order valence-corrected chi connectivity index (χ1v) is 9.53. The van der Waals surface area contributed by atoms with Gasteiger partial charge in [0.15, 0.2) is 5.65 Å². The van der Waals surface area contributed by atoms with Crippen molar-refractivity contribution in [2.75, 3.05) is 11.4 Å². The van der Waals surface area contributed by atoms with E-state index < -0.39 is 11.8 Å². The number of hydrogen-bond acceptors (Lipinski definition) is 5. The minimum Gasteiger partial charge on any atom is -0.348 e. The molecular formula is C18H14BrF2N7. The van der Waals surface area contributed by atoms with Gasteiger partial charge in [-0.1, -0.05) is 0 Å². The molecule has 0 N–H and O–H groups in total. The number of fused-ring (bicyclic) bond motifs is 1. The molecule has 0 bridgehead atoms. The Morgan fingerprint density at radius 1 is 1.07 bits per heavy atom. The van der Waals surface area contributed by atoms with E-state index in [0.717, 1.165) is 28.7 Å². The Hall–Kier alpha value is -2.88. The van der Waals surface area contributed by atoms with Gasteiger partial charge in [0.2, 0.25) is 5.95 Å². The number of hydrogen-bond donors (Lipinski definition) is 0. The molecule has 5 rings (SSSR count). The Labute approximate surface area is 166 Å². The number of nitrogens with zero attached hydrogens (tertiary/aromatic N) is 7. The highest BCUT2D eigenvalue weighted by molar-refractivity contribution is 9.10. The summed E-state index contributed by atoms with van der Waals surface area (Å²) in [6.45, 7) is 0.683. The minimum absolute atomic E-state index is 0.115. The van der Waals surface area contributed by atoms with E-state index in [9.17, 15) is 8.78 Å². The van der Waals surface area contributed by atoms with Crippen molar-refractivity contribution in [3.63, 3.8) is 0 Å². The highest BCUT2D eigenvalue weighted by atomic mass is 79.9. The monoisotopic (exact) mass is 445 g/mol. The van der Waals surface area contributed by atoms with Crippen molar-refractivity contribution in [1.82, 2.24) is 29.4 Å². The first-order valence-electron chi connectivity index (χ1n) is 8.74. The second kappa shape index (κ2) is 6.62. The van der Waals surface area contributed by atoms with E-state index in [4.69, 9.17) is 4.98 Å². The molecule has 0 amide bonds. The Bertz CT molecular complexity index is 1170. The molecule has 1 aliphatic heterocycles. The van der Waals surface area contributed by atoms with Gasteiger partial charge < -0.3 is 4.90 Å². The van der Waals surface area contributed by atoms with Crippen molar-refractivity contribution in [3.8, 4) is 5.69 Å². The Morgan fingerprint density at radius 2 is 1.96 bits per heavy atom. The first kappa shape index (κ1) is 17.2. The number of anilines is 1. The number of pyridine rings is 1. The predicted molar refractivity (Wildman–Crippen MR) is 101 cm³/mol. The summed E-state index contributed by atoms with van der Waals surface area (Å²) in [6, 6.07) is 3.60. The SMILES string of the molecule is Fc1ccc(F)c(C2CCCN2c2ccn3ncc(-n4cc(Br)cn4)c3n2)n1. The lowest BCUT2D eigenvalue weighted by Gasteiger charge is -2.25. The van der Waals surface area contributed by atoms with Crippen LogP contribution in [0, 0.1) is 11.8 Å². The number of halogens is 3. The van der Waals surface area contributed by atoms with E-state index in [1.807, 2.05) is 17.2 Å². The average molecular weight is 446 g/mol. The van der Waals surface area contributed by atoms with Crippen molar-refractivity contribution < 1.29 is 8.78 Å². The summed E-state index contributed by atoms with van der Waals surface area (Å²) in [5.41, 5.74) is 1.45. The van der Waals surface area contributed by atoms with Crippen LogP contribution >= 0.6 is 15.9 Å². The lowest BCUT2D eigenvalue weighted by molar-refractivity contribution is 0.518. The summed E-state index contributed by atoms with van der Waals surface area (Å²) in [4.78, 5) is 10.5. The van der Waals surface area contributed by atoms with Crippen molar-refractivity contribution in [2.24, 2.45) is 0 Å². The van der Waals surface area contributed by atoms with Crippen LogP contribution < -0.4 is 4.90 Å². The van der Waals surface area contributed by atoms with Gasteiger partial charge >= 0.3 is 0 Å². The molecule has 0 spiro atoms. The Balaban J connectivity index is 1.57. The van der Waals surface area contributed by atoms with Crippen LogP contribution in [0.2, 0.25) is 0 Å². The number of rotatable bonds is 3. The molecule has 0 aromatic carbocycles. The molecule has 1 unspecified atom stereocenters. The fourth-order valence-electron chi connectivity index (χ4n) is 3.59. The summed E-state index contributed by atoms with van der Waals surface area (Å²) < 4.78 is 32.1. The van der Waals surface area contributed by atoms with Crippen molar-refractivity contribution >= 4 is 27.4 Å². The molecule has 0 aliphatic carbocycles. The third-order valence-electron chi connectivity index (χ3n) is 4.84. The summed E-state index contributed by atoms with van der Waals surface area (Å²) in [5.74, 6) is -0.534. The van der Waals surface area contributed by atoms with Gasteiger partial charge in [-0.25, -0.2) is 23.6 Å². The average Bonchev–Trinajstić information content (AvgIpc) is 3.42. The lowest BCUT2D eigenvalue weighted by Crippen LogP contribution is -2.25. The highest BCUT2D eigenvalue weighted by Crippen LogP contribution is 2.35. The maximum Gasteiger partial charge on any atom is 0.213 e. The maximum absolute atomic E-state index is 14.3. The zero-order chi connectivity index (χ0) is 19.3. The number of aromatic nitrogens is 6. The Morgan fingerprint density at radius 3 is 2.79 bits per heavy atom. The quantitative estimate of drug-likeness (QED) is 0.450. The summed E-state index contributed by atoms with van der Waals surface area (Å²) >= 11 is 3.38. The molecule has 0 saturated carbocycles. The molecule has 1 saturated heterocycles. The largest absolute Gasteiger partial charge is 0.348 e. The van der Waals surface area contributed by atoms with Crippen LogP contribution in [0.25, 0.3) is 11.3 Å². The Kier molecular flexibility index (Phi) is 4.08. The molecule has 142 valence electrons. The van der Waals surface area contributed by atoms with E-state index in [1.54, 1.807) is 27.8 Å². The lowest BCUT2D eigenvalue weighted by atomic mass is 10.1. The molecule has 0 radical (unpaired) electrons. The third kappa shape index (κ3) is 2.84. The minimum atomic E-state index is -0.686. The van der Waals surface area contributed by atoms with E-state index in [1.165, 1.54) is 0 Å². The molecule has 4 aromatic rings. The molecule has 28 heavy (non-hydrogen) atoms. The normalized spacial score (nSPS) is 17.0. The van der Waals surface area contributed by atoms with Crippen molar-refractivity contribution in [1.29, 1.82) is 0 Å². The summed E-state index contributed by atoms with van der Waals surface area (Å²) in [6.07, 6.45) is 8.50. The third-order valence-corrected chi connectivity index (χ3v) is 5.25. The molecule has 10 heteroatoms. The fourth-order valence-corrected chi connectivity index (χ4v) is 3.88. The van der Waals surface area contributed by atoms with E-state index in [2.05, 4.69) is 31.1 Å². The van der Waals surface area contributed by atoms with Crippen molar-refractivity contribution in [2.45, 2.75) is 18.9 Å². The van der Waals surface area contributed by atoms with Crippen LogP contribution in [-0.4, -0.2) is 35.9 Å². The van der Waals surface area contributed by atoms with Crippen LogP contribution in [0.5, 0.6) is 0 Å². The zero-order valence-corrected chi connectivity index (χ0v) is 16.1. The van der Waals surface area contributed by atoms with E-state index in [-0.39, 0.29) is 11.7 Å². The molecule has 5 heterocycles. The molecule has 7 nitrogen and oxygen atoms in total. The van der Waals surface area contributed by atoms with Gasteiger partial charge in [-0.05, 0) is 47.0 Å². The van der Waals surface area contributed by atoms with Gasteiger partial charge in [0.25, 0.3) is 0 Å². The van der Waals surface area contributed by atoms with Gasteiger partial charge in [-0.3, -0.25) is 0 Å². The van der Waals surface area contributed by atoms with Crippen LogP contribution in [0.3, 0.4) is 0 Å². The smallest absolute Gasteiger partial charge is 0.213 e. The van der Waals surface area contributed by atoms with Crippen LogP contribution in [-0.2, 0) is 0 Å². The van der Waals surface area contributed by atoms with Gasteiger partial charge in [-0.2, -0.15) is 14.6 Å². The summed E-state index contributed by atoms with van der Waals surface area (Å²) in [5, 5.41) is 8.59. The molecular weight excluding hydrogens is 432 g/mol. The second-order valence-electron chi connectivity index (χ2n) is 6.54. The molecule has 1 aliphatic rings. The van der Waals surface area contributed by atoms with Gasteiger partial charge in [0, 0.05) is 18.9 Å². The highest BCUT2D eigenvalue weighted by Gasteiger charge is 2.31. The van der Waals surface area contributed by atoms with Crippen LogP contribution in [0.4, 0.5) is 14.6 Å². The molecule has 4 aromatic heterocycles. The summed E-state index contributed by atoms with van der Waals surface area (Å²) in [7, 11) is 0. The molecule has 1 atom stereocenters. The second-order valence-corrected chi connectivity index (χ2v) is 7.45. The van der Waals surface area contributed by atoms with Gasteiger partial charge in [-0.15, -0.1) is 0 Å². The zero-order valence-electron chi connectivity index (χ0n) is 14.5. The van der Waals surface area contributed by atoms with E-state index in [0.29, 0.717) is 24.4 Å². The van der Waals surface area contributed by atoms with E-state index >= 15 is 0 Å². The maximum atomic E-state index is 14.3. The van der Waals surface area contributed by atoms with Gasteiger partial charge in [0.05, 0.1) is 22.9 Å².